The smallest absolute Gasteiger partial charge is 0.147 e. The molecule has 0 fully saturated rings. The molecule has 2 rings (SSSR count). The third kappa shape index (κ3) is 3.10. The lowest BCUT2D eigenvalue weighted by molar-refractivity contribution is 0.414. The topological polar surface area (TPSA) is 59.1 Å². The van der Waals surface area contributed by atoms with Crippen LogP contribution in [0.5, 0.6) is 5.75 Å². The van der Waals surface area contributed by atoms with Gasteiger partial charge in [-0.1, -0.05) is 12.1 Å². The standard InChI is InChI=1S/C13H16N4O/c1-14-12-8-15-9-13(17-12)16-7-10-3-5-11(18-2)6-4-10/h3-6,8-9H,7H2,1-2H3,(H2,14,16,17). The molecule has 0 saturated carbocycles. The molecule has 0 radical (unpaired) electrons. The molecule has 2 N–H and O–H groups in total. The molecule has 1 heterocycles. The van der Waals surface area contributed by atoms with Gasteiger partial charge < -0.3 is 15.4 Å². The Morgan fingerprint density at radius 3 is 2.50 bits per heavy atom. The largest absolute Gasteiger partial charge is 0.497 e. The fraction of sp³-hybridized carbons (Fsp3) is 0.231. The van der Waals surface area contributed by atoms with Crippen molar-refractivity contribution >= 4 is 11.6 Å². The number of rotatable bonds is 5. The SMILES string of the molecule is CNc1cncc(NCc2ccc(OC)cc2)n1. The van der Waals surface area contributed by atoms with Crippen LogP contribution in [-0.4, -0.2) is 24.1 Å². The van der Waals surface area contributed by atoms with Crippen molar-refractivity contribution < 1.29 is 4.74 Å². The summed E-state index contributed by atoms with van der Waals surface area (Å²) in [6.45, 7) is 0.700. The van der Waals surface area contributed by atoms with Crippen LogP contribution >= 0.6 is 0 Å². The van der Waals surface area contributed by atoms with Crippen molar-refractivity contribution in [3.8, 4) is 5.75 Å². The second-order valence-corrected chi connectivity index (χ2v) is 3.74. The number of nitrogens with zero attached hydrogens (tertiary/aromatic N) is 2. The number of methoxy groups -OCH3 is 1. The van der Waals surface area contributed by atoms with Crippen LogP contribution in [0.3, 0.4) is 0 Å². The van der Waals surface area contributed by atoms with Gasteiger partial charge >= 0.3 is 0 Å². The van der Waals surface area contributed by atoms with Crippen LogP contribution in [0.4, 0.5) is 11.6 Å². The summed E-state index contributed by atoms with van der Waals surface area (Å²) in [6, 6.07) is 7.90. The molecule has 0 amide bonds. The van der Waals surface area contributed by atoms with Gasteiger partial charge in [-0.3, -0.25) is 4.98 Å². The quantitative estimate of drug-likeness (QED) is 0.843. The predicted octanol–water partition coefficient (Wildman–Crippen LogP) is 2.14. The Balaban J connectivity index is 1.97. The number of aromatic nitrogens is 2. The summed E-state index contributed by atoms with van der Waals surface area (Å²) >= 11 is 0. The number of hydrogen-bond donors (Lipinski definition) is 2. The first-order valence-corrected chi connectivity index (χ1v) is 5.68. The molecule has 1 aromatic carbocycles. The number of hydrogen-bond acceptors (Lipinski definition) is 5. The first-order chi connectivity index (χ1) is 8.81. The second-order valence-electron chi connectivity index (χ2n) is 3.74. The molecule has 0 spiro atoms. The van der Waals surface area contributed by atoms with E-state index >= 15 is 0 Å². The molecule has 0 saturated heterocycles. The summed E-state index contributed by atoms with van der Waals surface area (Å²) in [5, 5.41) is 6.17. The van der Waals surface area contributed by atoms with E-state index in [1.807, 2.05) is 31.3 Å². The molecule has 0 unspecified atom stereocenters. The maximum absolute atomic E-state index is 5.11. The third-order valence-electron chi connectivity index (χ3n) is 2.52. The zero-order valence-corrected chi connectivity index (χ0v) is 10.5. The van der Waals surface area contributed by atoms with E-state index in [2.05, 4.69) is 20.6 Å². The maximum Gasteiger partial charge on any atom is 0.147 e. The molecular formula is C13H16N4O. The minimum absolute atomic E-state index is 0.700. The lowest BCUT2D eigenvalue weighted by Crippen LogP contribution is -2.03. The molecule has 0 aliphatic rings. The average Bonchev–Trinajstić information content (AvgIpc) is 2.46. The Bertz CT molecular complexity index is 499. The van der Waals surface area contributed by atoms with E-state index in [-0.39, 0.29) is 0 Å². The minimum atomic E-state index is 0.700. The molecule has 0 atom stereocenters. The number of nitrogens with one attached hydrogen (secondary N) is 2. The van der Waals surface area contributed by atoms with Gasteiger partial charge in [-0.2, -0.15) is 0 Å². The summed E-state index contributed by atoms with van der Waals surface area (Å²) < 4.78 is 5.11. The maximum atomic E-state index is 5.11. The van der Waals surface area contributed by atoms with Gasteiger partial charge in [0.2, 0.25) is 0 Å². The lowest BCUT2D eigenvalue weighted by Gasteiger charge is -2.07. The fourth-order valence-electron chi connectivity index (χ4n) is 1.51. The van der Waals surface area contributed by atoms with Crippen LogP contribution in [0.2, 0.25) is 0 Å². The fourth-order valence-corrected chi connectivity index (χ4v) is 1.51. The Kier molecular flexibility index (Phi) is 3.96. The monoisotopic (exact) mass is 244 g/mol. The van der Waals surface area contributed by atoms with Crippen molar-refractivity contribution in [1.82, 2.24) is 9.97 Å². The number of anilines is 2. The summed E-state index contributed by atoms with van der Waals surface area (Å²) in [7, 11) is 3.48. The van der Waals surface area contributed by atoms with Crippen molar-refractivity contribution in [3.63, 3.8) is 0 Å². The third-order valence-corrected chi connectivity index (χ3v) is 2.52. The van der Waals surface area contributed by atoms with Gasteiger partial charge in [0.05, 0.1) is 19.5 Å². The zero-order valence-electron chi connectivity index (χ0n) is 10.5. The Labute approximate surface area is 106 Å². The summed E-state index contributed by atoms with van der Waals surface area (Å²) in [6.07, 6.45) is 3.38. The lowest BCUT2D eigenvalue weighted by atomic mass is 10.2. The minimum Gasteiger partial charge on any atom is -0.497 e. The van der Waals surface area contributed by atoms with Crippen molar-refractivity contribution in [2.45, 2.75) is 6.54 Å². The van der Waals surface area contributed by atoms with E-state index in [1.54, 1.807) is 19.5 Å². The molecule has 1 aromatic heterocycles. The highest BCUT2D eigenvalue weighted by atomic mass is 16.5. The Morgan fingerprint density at radius 2 is 1.83 bits per heavy atom. The van der Waals surface area contributed by atoms with Crippen LogP contribution in [0, 0.1) is 0 Å². The van der Waals surface area contributed by atoms with E-state index in [9.17, 15) is 0 Å². The molecule has 0 aliphatic carbocycles. The summed E-state index contributed by atoms with van der Waals surface area (Å²) in [4.78, 5) is 8.42. The highest BCUT2D eigenvalue weighted by Crippen LogP contribution is 2.13. The summed E-state index contributed by atoms with van der Waals surface area (Å²) in [5.41, 5.74) is 1.16. The zero-order chi connectivity index (χ0) is 12.8. The van der Waals surface area contributed by atoms with Crippen molar-refractivity contribution in [2.75, 3.05) is 24.8 Å². The van der Waals surface area contributed by atoms with E-state index in [0.717, 1.165) is 22.9 Å². The number of benzene rings is 1. The molecule has 2 aromatic rings. The highest BCUT2D eigenvalue weighted by molar-refractivity contribution is 5.41. The predicted molar refractivity (Wildman–Crippen MR) is 71.9 cm³/mol. The molecular weight excluding hydrogens is 228 g/mol. The number of ether oxygens (including phenoxy) is 1. The van der Waals surface area contributed by atoms with Gasteiger partial charge in [0.15, 0.2) is 0 Å². The van der Waals surface area contributed by atoms with Crippen LogP contribution in [0.15, 0.2) is 36.7 Å². The van der Waals surface area contributed by atoms with E-state index < -0.39 is 0 Å². The van der Waals surface area contributed by atoms with Crippen LogP contribution in [0.25, 0.3) is 0 Å². The van der Waals surface area contributed by atoms with Gasteiger partial charge in [-0.05, 0) is 17.7 Å². The van der Waals surface area contributed by atoms with Crippen LogP contribution in [-0.2, 0) is 6.54 Å². The first-order valence-electron chi connectivity index (χ1n) is 5.68. The van der Waals surface area contributed by atoms with E-state index in [0.29, 0.717) is 6.54 Å². The van der Waals surface area contributed by atoms with Crippen molar-refractivity contribution in [3.05, 3.63) is 42.2 Å². The molecule has 94 valence electrons. The highest BCUT2D eigenvalue weighted by Gasteiger charge is 1.98. The van der Waals surface area contributed by atoms with Gasteiger partial charge in [0, 0.05) is 13.6 Å². The molecule has 5 nitrogen and oxygen atoms in total. The normalized spacial score (nSPS) is 9.89. The molecule has 5 heteroatoms. The first kappa shape index (κ1) is 12.2. The average molecular weight is 244 g/mol. The Morgan fingerprint density at radius 1 is 1.11 bits per heavy atom. The van der Waals surface area contributed by atoms with Gasteiger partial charge in [-0.25, -0.2) is 4.98 Å². The molecule has 0 bridgehead atoms. The van der Waals surface area contributed by atoms with E-state index in [4.69, 9.17) is 4.74 Å². The van der Waals surface area contributed by atoms with Gasteiger partial charge in [0.25, 0.3) is 0 Å². The van der Waals surface area contributed by atoms with Gasteiger partial charge in [-0.15, -0.1) is 0 Å². The second kappa shape index (κ2) is 5.86. The molecule has 0 aliphatic heterocycles. The summed E-state index contributed by atoms with van der Waals surface area (Å²) in [5.74, 6) is 2.35. The van der Waals surface area contributed by atoms with Gasteiger partial charge in [0.1, 0.15) is 17.4 Å². The van der Waals surface area contributed by atoms with Crippen LogP contribution in [0.1, 0.15) is 5.56 Å². The van der Waals surface area contributed by atoms with E-state index in [1.165, 1.54) is 0 Å². The Hall–Kier alpha value is -2.30. The van der Waals surface area contributed by atoms with Crippen LogP contribution < -0.4 is 15.4 Å². The molecule has 18 heavy (non-hydrogen) atoms. The van der Waals surface area contributed by atoms with Crippen molar-refractivity contribution in [1.29, 1.82) is 0 Å². The van der Waals surface area contributed by atoms with Crippen molar-refractivity contribution in [2.24, 2.45) is 0 Å².